The number of aromatic nitrogens is 2. The molecule has 4 rings (SSSR count). The number of H-pyrrole nitrogens is 1. The number of phenolic OH excluding ortho intramolecular Hbond substituents is 1. The quantitative estimate of drug-likeness (QED) is 0.289. The highest BCUT2D eigenvalue weighted by atomic mass is 16.5. The Hall–Kier alpha value is -4.72. The Morgan fingerprint density at radius 3 is 2.41 bits per heavy atom. The molecule has 8 heteroatoms. The number of phenols is 1. The number of aromatic amines is 1. The van der Waals surface area contributed by atoms with Gasteiger partial charge < -0.3 is 9.84 Å². The molecule has 0 saturated carbocycles. The maximum atomic E-state index is 13.1. The fourth-order valence-electron chi connectivity index (χ4n) is 3.46. The lowest BCUT2D eigenvalue weighted by molar-refractivity contribution is 0.0954. The first-order valence-electron chi connectivity index (χ1n) is 10.6. The molecule has 0 aliphatic rings. The number of benzene rings is 3. The van der Waals surface area contributed by atoms with Crippen molar-refractivity contribution in [2.24, 2.45) is 5.10 Å². The summed E-state index contributed by atoms with van der Waals surface area (Å²) in [5, 5.41) is 20.5. The molecule has 0 atom stereocenters. The third kappa shape index (κ3) is 4.86. The number of carbonyl (C=O) groups is 1. The summed E-state index contributed by atoms with van der Waals surface area (Å²) in [6, 6.07) is 23.1. The van der Waals surface area contributed by atoms with E-state index in [-0.39, 0.29) is 11.3 Å². The van der Waals surface area contributed by atoms with Gasteiger partial charge in [0.05, 0.1) is 18.5 Å². The molecule has 3 N–H and O–H groups in total. The molecule has 8 nitrogen and oxygen atoms in total. The third-order valence-electron chi connectivity index (χ3n) is 4.98. The van der Waals surface area contributed by atoms with E-state index in [9.17, 15) is 14.7 Å². The maximum absolute atomic E-state index is 13.1. The van der Waals surface area contributed by atoms with E-state index >= 15 is 0 Å². The minimum Gasteiger partial charge on any atom is -0.504 e. The first kappa shape index (κ1) is 22.5. The van der Waals surface area contributed by atoms with Crippen molar-refractivity contribution in [3.63, 3.8) is 0 Å². The fraction of sp³-hybridized carbons (Fsp3) is 0.0769. The molecule has 0 radical (unpaired) electrons. The van der Waals surface area contributed by atoms with Crippen LogP contribution in [0.5, 0.6) is 11.5 Å². The number of nitrogens with zero attached hydrogens (tertiary/aromatic N) is 2. The second-order valence-electron chi connectivity index (χ2n) is 7.24. The highest BCUT2D eigenvalue weighted by Gasteiger charge is 2.22. The number of aromatic hydroxyl groups is 1. The minimum atomic E-state index is -0.681. The Bertz CT molecular complexity index is 1380. The number of ether oxygens (including phenoxy) is 1. The van der Waals surface area contributed by atoms with Crippen molar-refractivity contribution in [3.8, 4) is 33.9 Å². The minimum absolute atomic E-state index is 0.00676. The van der Waals surface area contributed by atoms with Crippen molar-refractivity contribution in [2.45, 2.75) is 6.92 Å². The van der Waals surface area contributed by atoms with Crippen LogP contribution in [-0.2, 0) is 0 Å². The lowest BCUT2D eigenvalue weighted by Gasteiger charge is -2.12. The van der Waals surface area contributed by atoms with Crippen LogP contribution >= 0.6 is 0 Å². The summed E-state index contributed by atoms with van der Waals surface area (Å²) in [6.07, 6.45) is 1.40. The number of hydrogen-bond acceptors (Lipinski definition) is 6. The zero-order valence-corrected chi connectivity index (χ0v) is 18.4. The van der Waals surface area contributed by atoms with Gasteiger partial charge in [-0.25, -0.2) is 10.5 Å². The Morgan fingerprint density at radius 2 is 1.74 bits per heavy atom. The average molecular weight is 454 g/mol. The predicted octanol–water partition coefficient (Wildman–Crippen LogP) is 3.97. The molecule has 0 aliphatic heterocycles. The molecule has 170 valence electrons. The van der Waals surface area contributed by atoms with Gasteiger partial charge in [0.15, 0.2) is 11.5 Å². The van der Waals surface area contributed by atoms with Crippen molar-refractivity contribution in [1.82, 2.24) is 15.6 Å². The van der Waals surface area contributed by atoms with Gasteiger partial charge in [-0.3, -0.25) is 9.59 Å². The van der Waals surface area contributed by atoms with Crippen LogP contribution in [0.15, 0.2) is 88.8 Å². The van der Waals surface area contributed by atoms with E-state index < -0.39 is 11.5 Å². The zero-order valence-electron chi connectivity index (χ0n) is 18.4. The van der Waals surface area contributed by atoms with E-state index in [0.29, 0.717) is 34.7 Å². The lowest BCUT2D eigenvalue weighted by Crippen LogP contribution is -2.28. The van der Waals surface area contributed by atoms with Crippen LogP contribution in [0.1, 0.15) is 22.8 Å². The Labute approximate surface area is 195 Å². The first-order chi connectivity index (χ1) is 16.6. The van der Waals surface area contributed by atoms with Gasteiger partial charge in [0.25, 0.3) is 11.5 Å². The van der Waals surface area contributed by atoms with Crippen LogP contribution in [-0.4, -0.2) is 34.0 Å². The van der Waals surface area contributed by atoms with E-state index in [2.05, 4.69) is 20.7 Å². The van der Waals surface area contributed by atoms with Gasteiger partial charge in [0.2, 0.25) is 0 Å². The number of carbonyl (C=O) groups excluding carboxylic acids is 1. The smallest absolute Gasteiger partial charge is 0.277 e. The van der Waals surface area contributed by atoms with Crippen LogP contribution in [0.4, 0.5) is 0 Å². The fourth-order valence-corrected chi connectivity index (χ4v) is 3.46. The van der Waals surface area contributed by atoms with Crippen molar-refractivity contribution in [1.29, 1.82) is 0 Å². The first-order valence-corrected chi connectivity index (χ1v) is 10.6. The number of hydrazone groups is 1. The molecule has 1 heterocycles. The molecule has 0 saturated heterocycles. The van der Waals surface area contributed by atoms with Crippen LogP contribution in [0.3, 0.4) is 0 Å². The molecule has 0 unspecified atom stereocenters. The lowest BCUT2D eigenvalue weighted by atomic mass is 9.95. The number of rotatable bonds is 7. The Kier molecular flexibility index (Phi) is 6.78. The van der Waals surface area contributed by atoms with Gasteiger partial charge in [-0.2, -0.15) is 10.2 Å². The molecule has 0 aliphatic carbocycles. The topological polar surface area (TPSA) is 117 Å². The van der Waals surface area contributed by atoms with Gasteiger partial charge in [0.1, 0.15) is 5.56 Å². The van der Waals surface area contributed by atoms with Crippen molar-refractivity contribution >= 4 is 12.1 Å². The van der Waals surface area contributed by atoms with Crippen molar-refractivity contribution in [2.75, 3.05) is 6.61 Å². The van der Waals surface area contributed by atoms with Crippen LogP contribution in [0.25, 0.3) is 22.4 Å². The molecular formula is C26H22N4O4. The molecule has 0 spiro atoms. The van der Waals surface area contributed by atoms with E-state index in [1.165, 1.54) is 12.3 Å². The predicted molar refractivity (Wildman–Crippen MR) is 130 cm³/mol. The van der Waals surface area contributed by atoms with E-state index in [1.807, 2.05) is 60.7 Å². The molecule has 4 aromatic rings. The highest BCUT2D eigenvalue weighted by Crippen LogP contribution is 2.31. The molecule has 0 bridgehead atoms. The van der Waals surface area contributed by atoms with Crippen molar-refractivity contribution < 1.29 is 14.6 Å². The van der Waals surface area contributed by atoms with E-state index in [1.54, 1.807) is 19.1 Å². The second kappa shape index (κ2) is 10.3. The summed E-state index contributed by atoms with van der Waals surface area (Å²) >= 11 is 0. The van der Waals surface area contributed by atoms with Crippen molar-refractivity contribution in [3.05, 3.63) is 100 Å². The molecule has 34 heavy (non-hydrogen) atoms. The molecule has 1 amide bonds. The summed E-state index contributed by atoms with van der Waals surface area (Å²) in [5.74, 6) is -0.366. The zero-order chi connectivity index (χ0) is 23.9. The summed E-state index contributed by atoms with van der Waals surface area (Å²) in [5.41, 5.74) is 4.60. The monoisotopic (exact) mass is 454 g/mol. The van der Waals surface area contributed by atoms with Crippen LogP contribution < -0.4 is 15.7 Å². The van der Waals surface area contributed by atoms with Gasteiger partial charge >= 0.3 is 0 Å². The Morgan fingerprint density at radius 1 is 1.06 bits per heavy atom. The van der Waals surface area contributed by atoms with Gasteiger partial charge in [-0.15, -0.1) is 0 Å². The van der Waals surface area contributed by atoms with Crippen LogP contribution in [0.2, 0.25) is 0 Å². The third-order valence-corrected chi connectivity index (χ3v) is 4.98. The van der Waals surface area contributed by atoms with E-state index in [0.717, 1.165) is 5.56 Å². The summed E-state index contributed by atoms with van der Waals surface area (Å²) in [6.45, 7) is 2.20. The number of hydrogen-bond donors (Lipinski definition) is 3. The second-order valence-corrected chi connectivity index (χ2v) is 7.24. The molecule has 3 aromatic carbocycles. The number of amides is 1. The molecular weight excluding hydrogens is 432 g/mol. The number of nitrogens with one attached hydrogen (secondary N) is 2. The molecule has 1 aromatic heterocycles. The largest absolute Gasteiger partial charge is 0.504 e. The van der Waals surface area contributed by atoms with Crippen LogP contribution in [0, 0.1) is 0 Å². The molecule has 0 fully saturated rings. The summed E-state index contributed by atoms with van der Waals surface area (Å²) in [4.78, 5) is 25.9. The highest BCUT2D eigenvalue weighted by molar-refractivity contribution is 6.03. The summed E-state index contributed by atoms with van der Waals surface area (Å²) in [7, 11) is 0. The average Bonchev–Trinajstić information content (AvgIpc) is 2.87. The Balaban J connectivity index is 1.71. The maximum Gasteiger partial charge on any atom is 0.277 e. The van der Waals surface area contributed by atoms with Gasteiger partial charge in [0, 0.05) is 11.1 Å². The standard InChI is InChI=1S/C26H22N4O4/c1-2-34-21-15-17(13-14-20(21)31)16-27-29-25(32)23-22(18-9-5-3-6-10-18)24(28-30-26(23)33)19-11-7-4-8-12-19/h3-16,31H,2H2,1H3,(H,29,32)(H,30,33). The van der Waals surface area contributed by atoms with Gasteiger partial charge in [-0.05, 0) is 36.2 Å². The van der Waals surface area contributed by atoms with E-state index in [4.69, 9.17) is 4.74 Å². The summed E-state index contributed by atoms with van der Waals surface area (Å²) < 4.78 is 5.36. The normalized spacial score (nSPS) is 10.9. The SMILES string of the molecule is CCOc1cc(C=NNC(=O)c2c(-c3ccccc3)c(-c3ccccc3)n[nH]c2=O)ccc1O. The van der Waals surface area contributed by atoms with Gasteiger partial charge in [-0.1, -0.05) is 60.7 Å².